The summed E-state index contributed by atoms with van der Waals surface area (Å²) < 4.78 is 5.68. The number of fused-ring (bicyclic) bond motifs is 2. The summed E-state index contributed by atoms with van der Waals surface area (Å²) in [5.74, 6) is -0.0286. The quantitative estimate of drug-likeness (QED) is 0.610. The average molecular weight is 437 g/mol. The molecule has 0 saturated carbocycles. The van der Waals surface area contributed by atoms with Gasteiger partial charge in [-0.05, 0) is 75.3 Å². The van der Waals surface area contributed by atoms with Crippen LogP contribution in [0, 0.1) is 11.3 Å². The SMILES string of the molecule is CC1CCCC(C)N1C(=O)COC(=O)c1c2c(nc3ccccc13)CCC(C(C)(C)C)C2. The second-order valence-corrected chi connectivity index (χ2v) is 10.7. The number of hydrogen-bond acceptors (Lipinski definition) is 4. The number of pyridine rings is 1. The topological polar surface area (TPSA) is 59.5 Å². The maximum atomic E-state index is 13.4. The number of benzene rings is 1. The number of likely N-dealkylation sites (tertiary alicyclic amines) is 1. The maximum absolute atomic E-state index is 13.4. The van der Waals surface area contributed by atoms with Crippen molar-refractivity contribution in [3.05, 3.63) is 41.1 Å². The minimum atomic E-state index is -0.403. The van der Waals surface area contributed by atoms with Crippen LogP contribution in [0.4, 0.5) is 0 Å². The van der Waals surface area contributed by atoms with Crippen LogP contribution in [0.5, 0.6) is 0 Å². The summed E-state index contributed by atoms with van der Waals surface area (Å²) in [5.41, 5.74) is 3.58. The van der Waals surface area contributed by atoms with Gasteiger partial charge in [-0.3, -0.25) is 9.78 Å². The molecule has 5 nitrogen and oxygen atoms in total. The second-order valence-electron chi connectivity index (χ2n) is 10.7. The summed E-state index contributed by atoms with van der Waals surface area (Å²) >= 11 is 0. The third-order valence-electron chi connectivity index (χ3n) is 7.50. The fraction of sp³-hybridized carbons (Fsp3) is 0.593. The number of ether oxygens (including phenoxy) is 1. The summed E-state index contributed by atoms with van der Waals surface area (Å²) in [6.07, 6.45) is 5.89. The van der Waals surface area contributed by atoms with Crippen LogP contribution in [0.25, 0.3) is 10.9 Å². The van der Waals surface area contributed by atoms with Gasteiger partial charge in [0.2, 0.25) is 0 Å². The van der Waals surface area contributed by atoms with E-state index < -0.39 is 5.97 Å². The van der Waals surface area contributed by atoms with Crippen molar-refractivity contribution in [2.45, 2.75) is 85.2 Å². The van der Waals surface area contributed by atoms with Crippen molar-refractivity contribution in [2.75, 3.05) is 6.61 Å². The van der Waals surface area contributed by atoms with Gasteiger partial charge in [-0.2, -0.15) is 0 Å². The Kier molecular flexibility index (Phi) is 6.28. The number of esters is 1. The predicted molar refractivity (Wildman–Crippen MR) is 127 cm³/mol. The number of hydrogen-bond donors (Lipinski definition) is 0. The first-order chi connectivity index (χ1) is 15.2. The monoisotopic (exact) mass is 436 g/mol. The van der Waals surface area contributed by atoms with E-state index in [2.05, 4.69) is 34.6 Å². The van der Waals surface area contributed by atoms with Crippen molar-refractivity contribution in [3.63, 3.8) is 0 Å². The van der Waals surface area contributed by atoms with Crippen LogP contribution in [-0.4, -0.2) is 40.5 Å². The number of amides is 1. The first-order valence-electron chi connectivity index (χ1n) is 12.1. The van der Waals surface area contributed by atoms with Crippen LogP contribution in [0.2, 0.25) is 0 Å². The van der Waals surface area contributed by atoms with Gasteiger partial charge >= 0.3 is 5.97 Å². The molecule has 1 saturated heterocycles. The lowest BCUT2D eigenvalue weighted by molar-refractivity contribution is -0.140. The standard InChI is InChI=1S/C27H36N2O3/c1-17-9-8-10-18(2)29(17)24(30)16-32-26(31)25-20-11-6-7-12-22(20)28-23-14-13-19(15-21(23)25)27(3,4)5/h6-7,11-12,17-19H,8-10,13-16H2,1-5H3. The van der Waals surface area contributed by atoms with Gasteiger partial charge in [0.25, 0.3) is 5.91 Å². The first kappa shape index (κ1) is 22.8. The fourth-order valence-corrected chi connectivity index (χ4v) is 5.55. The number of piperidine rings is 1. The number of aromatic nitrogens is 1. The van der Waals surface area contributed by atoms with Gasteiger partial charge < -0.3 is 9.64 Å². The van der Waals surface area contributed by atoms with Crippen LogP contribution in [0.3, 0.4) is 0 Å². The highest BCUT2D eigenvalue weighted by atomic mass is 16.5. The highest BCUT2D eigenvalue weighted by Gasteiger charge is 2.34. The van der Waals surface area contributed by atoms with Gasteiger partial charge in [-0.15, -0.1) is 0 Å². The highest BCUT2D eigenvalue weighted by molar-refractivity contribution is 6.05. The lowest BCUT2D eigenvalue weighted by Crippen LogP contribution is -2.49. The van der Waals surface area contributed by atoms with E-state index in [1.807, 2.05) is 29.2 Å². The Hall–Kier alpha value is -2.43. The van der Waals surface area contributed by atoms with Gasteiger partial charge in [0, 0.05) is 23.2 Å². The third-order valence-corrected chi connectivity index (χ3v) is 7.50. The van der Waals surface area contributed by atoms with E-state index in [4.69, 9.17) is 9.72 Å². The molecule has 1 amide bonds. The first-order valence-corrected chi connectivity index (χ1v) is 12.1. The molecule has 32 heavy (non-hydrogen) atoms. The van der Waals surface area contributed by atoms with Crippen molar-refractivity contribution >= 4 is 22.8 Å². The van der Waals surface area contributed by atoms with Crippen LogP contribution in [0.1, 0.15) is 81.9 Å². The number of para-hydroxylation sites is 1. The van der Waals surface area contributed by atoms with Gasteiger partial charge in [0.1, 0.15) is 0 Å². The van der Waals surface area contributed by atoms with Crippen LogP contribution in [-0.2, 0) is 22.4 Å². The zero-order chi connectivity index (χ0) is 23.0. The average Bonchev–Trinajstić information content (AvgIpc) is 2.74. The Balaban J connectivity index is 1.63. The van der Waals surface area contributed by atoms with Crippen LogP contribution in [0.15, 0.2) is 24.3 Å². The molecule has 1 aliphatic carbocycles. The molecule has 0 bridgehead atoms. The number of nitrogens with zero attached hydrogens (tertiary/aromatic N) is 2. The van der Waals surface area contributed by atoms with Crippen molar-refractivity contribution in [1.82, 2.24) is 9.88 Å². The summed E-state index contributed by atoms with van der Waals surface area (Å²) in [6, 6.07) is 8.14. The van der Waals surface area contributed by atoms with Gasteiger partial charge in [-0.25, -0.2) is 4.79 Å². The van der Waals surface area contributed by atoms with E-state index in [-0.39, 0.29) is 30.0 Å². The van der Waals surface area contributed by atoms with Crippen molar-refractivity contribution in [2.24, 2.45) is 11.3 Å². The molecular formula is C27H36N2O3. The molecule has 0 N–H and O–H groups in total. The maximum Gasteiger partial charge on any atom is 0.339 e. The van der Waals surface area contributed by atoms with Gasteiger partial charge in [0.15, 0.2) is 6.61 Å². The van der Waals surface area contributed by atoms with E-state index in [1.165, 1.54) is 0 Å². The molecule has 1 aromatic heterocycles. The molecule has 2 aromatic rings. The summed E-state index contributed by atoms with van der Waals surface area (Å²) in [7, 11) is 0. The van der Waals surface area contributed by atoms with Gasteiger partial charge in [-0.1, -0.05) is 39.0 Å². The molecule has 172 valence electrons. The molecule has 1 fully saturated rings. The number of carbonyl (C=O) groups excluding carboxylic acids is 2. The Morgan fingerprint density at radius 3 is 2.47 bits per heavy atom. The molecule has 0 radical (unpaired) electrons. The lowest BCUT2D eigenvalue weighted by atomic mass is 9.70. The molecule has 3 unspecified atom stereocenters. The van der Waals surface area contributed by atoms with E-state index in [1.54, 1.807) is 0 Å². The molecule has 4 rings (SSSR count). The summed E-state index contributed by atoms with van der Waals surface area (Å²) in [6.45, 7) is 10.7. The Bertz CT molecular complexity index is 1010. The fourth-order valence-electron chi connectivity index (χ4n) is 5.55. The zero-order valence-corrected chi connectivity index (χ0v) is 20.1. The van der Waals surface area contributed by atoms with Crippen molar-refractivity contribution in [3.8, 4) is 0 Å². The number of aryl methyl sites for hydroxylation is 1. The highest BCUT2D eigenvalue weighted by Crippen LogP contribution is 2.39. The molecule has 2 heterocycles. The molecule has 1 aromatic carbocycles. The Labute approximate surface area is 191 Å². The Morgan fingerprint density at radius 2 is 1.78 bits per heavy atom. The summed E-state index contributed by atoms with van der Waals surface area (Å²) in [4.78, 5) is 33.1. The Morgan fingerprint density at radius 1 is 1.09 bits per heavy atom. The molecule has 3 atom stereocenters. The smallest absolute Gasteiger partial charge is 0.339 e. The van der Waals surface area contributed by atoms with Crippen molar-refractivity contribution < 1.29 is 14.3 Å². The van der Waals surface area contributed by atoms with E-state index in [0.29, 0.717) is 11.5 Å². The lowest BCUT2D eigenvalue weighted by Gasteiger charge is -2.39. The normalized spacial score (nSPS) is 23.7. The largest absolute Gasteiger partial charge is 0.452 e. The molecule has 1 aliphatic heterocycles. The van der Waals surface area contributed by atoms with Crippen LogP contribution >= 0.6 is 0 Å². The molecule has 2 aliphatic rings. The minimum absolute atomic E-state index is 0.0992. The summed E-state index contributed by atoms with van der Waals surface area (Å²) in [5, 5.41) is 0.818. The van der Waals surface area contributed by atoms with E-state index in [9.17, 15) is 9.59 Å². The number of rotatable bonds is 3. The third kappa shape index (κ3) is 4.39. The number of carbonyl (C=O) groups is 2. The second kappa shape index (κ2) is 8.84. The zero-order valence-electron chi connectivity index (χ0n) is 20.1. The predicted octanol–water partition coefficient (Wildman–Crippen LogP) is 5.33. The molecule has 5 heteroatoms. The van der Waals surface area contributed by atoms with Crippen molar-refractivity contribution in [1.29, 1.82) is 0 Å². The van der Waals surface area contributed by atoms with Gasteiger partial charge in [0.05, 0.1) is 11.1 Å². The van der Waals surface area contributed by atoms with Crippen LogP contribution < -0.4 is 0 Å². The molecule has 0 spiro atoms. The van der Waals surface area contributed by atoms with E-state index >= 15 is 0 Å². The molecular weight excluding hydrogens is 400 g/mol. The minimum Gasteiger partial charge on any atom is -0.452 e. The van der Waals surface area contributed by atoms with E-state index in [0.717, 1.165) is 60.7 Å².